The topological polar surface area (TPSA) is 45.2 Å². The van der Waals surface area contributed by atoms with E-state index in [-0.39, 0.29) is 6.10 Å². The molecule has 1 aromatic carbocycles. The number of nitrogens with zero attached hydrogens (tertiary/aromatic N) is 2. The van der Waals surface area contributed by atoms with Crippen LogP contribution in [0.5, 0.6) is 5.75 Å². The standard InChI is InChI=1S/C17H26N2O3/c1-18(12-16(20)13-19-5-8-21-9-6-19)11-14-2-3-17-15(10-14)4-7-22-17/h2-3,10,16,20H,4-9,11-13H2,1H3. The number of ether oxygens (including phenoxy) is 2. The molecular formula is C17H26N2O3. The van der Waals surface area contributed by atoms with Crippen LogP contribution < -0.4 is 4.74 Å². The van der Waals surface area contributed by atoms with Gasteiger partial charge in [0.2, 0.25) is 0 Å². The van der Waals surface area contributed by atoms with Gasteiger partial charge < -0.3 is 14.6 Å². The molecule has 1 aromatic rings. The summed E-state index contributed by atoms with van der Waals surface area (Å²) in [6.45, 7) is 6.47. The summed E-state index contributed by atoms with van der Waals surface area (Å²) in [4.78, 5) is 4.46. The molecule has 1 unspecified atom stereocenters. The number of aliphatic hydroxyl groups is 1. The van der Waals surface area contributed by atoms with Gasteiger partial charge in [-0.05, 0) is 24.2 Å². The highest BCUT2D eigenvalue weighted by Crippen LogP contribution is 2.26. The van der Waals surface area contributed by atoms with E-state index < -0.39 is 0 Å². The first-order valence-electron chi connectivity index (χ1n) is 8.12. The van der Waals surface area contributed by atoms with Crippen molar-refractivity contribution in [2.24, 2.45) is 0 Å². The Labute approximate surface area is 132 Å². The minimum Gasteiger partial charge on any atom is -0.493 e. The fourth-order valence-electron chi connectivity index (χ4n) is 3.21. The van der Waals surface area contributed by atoms with Gasteiger partial charge >= 0.3 is 0 Å². The van der Waals surface area contributed by atoms with Crippen LogP contribution in [0.2, 0.25) is 0 Å². The van der Waals surface area contributed by atoms with Gasteiger partial charge in [0.1, 0.15) is 5.75 Å². The van der Waals surface area contributed by atoms with Crippen LogP contribution in [0.25, 0.3) is 0 Å². The average Bonchev–Trinajstić information content (AvgIpc) is 2.95. The summed E-state index contributed by atoms with van der Waals surface area (Å²) in [7, 11) is 2.06. The highest BCUT2D eigenvalue weighted by molar-refractivity contribution is 5.39. The van der Waals surface area contributed by atoms with Crippen molar-refractivity contribution in [1.29, 1.82) is 0 Å². The Hall–Kier alpha value is -1.14. The average molecular weight is 306 g/mol. The molecule has 0 aromatic heterocycles. The molecule has 2 aliphatic rings. The molecule has 5 nitrogen and oxygen atoms in total. The number of benzene rings is 1. The zero-order chi connectivity index (χ0) is 15.4. The van der Waals surface area contributed by atoms with Crippen LogP contribution >= 0.6 is 0 Å². The van der Waals surface area contributed by atoms with E-state index in [1.165, 1.54) is 11.1 Å². The molecule has 22 heavy (non-hydrogen) atoms. The second-order valence-electron chi connectivity index (χ2n) is 6.30. The van der Waals surface area contributed by atoms with Crippen LogP contribution in [-0.2, 0) is 17.7 Å². The Balaban J connectivity index is 1.46. The Morgan fingerprint density at radius 3 is 2.91 bits per heavy atom. The molecule has 0 bridgehead atoms. The second-order valence-corrected chi connectivity index (χ2v) is 6.30. The lowest BCUT2D eigenvalue weighted by Crippen LogP contribution is -2.43. The van der Waals surface area contributed by atoms with Crippen molar-refractivity contribution in [3.05, 3.63) is 29.3 Å². The predicted octanol–water partition coefficient (Wildman–Crippen LogP) is 0.746. The number of likely N-dealkylation sites (N-methyl/N-ethyl adjacent to an activating group) is 1. The molecule has 1 saturated heterocycles. The summed E-state index contributed by atoms with van der Waals surface area (Å²) >= 11 is 0. The molecule has 0 aliphatic carbocycles. The largest absolute Gasteiger partial charge is 0.493 e. The first-order chi connectivity index (χ1) is 10.7. The van der Waals surface area contributed by atoms with Crippen LogP contribution in [0, 0.1) is 0 Å². The van der Waals surface area contributed by atoms with Crippen molar-refractivity contribution >= 4 is 0 Å². The van der Waals surface area contributed by atoms with Crippen LogP contribution in [0.3, 0.4) is 0 Å². The maximum Gasteiger partial charge on any atom is 0.122 e. The van der Waals surface area contributed by atoms with Gasteiger partial charge in [0.15, 0.2) is 0 Å². The van der Waals surface area contributed by atoms with Gasteiger partial charge in [-0.15, -0.1) is 0 Å². The van der Waals surface area contributed by atoms with E-state index in [0.717, 1.165) is 58.2 Å². The molecule has 0 spiro atoms. The van der Waals surface area contributed by atoms with E-state index in [4.69, 9.17) is 9.47 Å². The lowest BCUT2D eigenvalue weighted by molar-refractivity contribution is 0.00825. The third-order valence-electron chi connectivity index (χ3n) is 4.30. The number of aliphatic hydroxyl groups excluding tert-OH is 1. The molecular weight excluding hydrogens is 280 g/mol. The summed E-state index contributed by atoms with van der Waals surface area (Å²) in [6, 6.07) is 6.41. The maximum atomic E-state index is 10.3. The van der Waals surface area contributed by atoms with Crippen LogP contribution in [-0.4, -0.2) is 74.1 Å². The molecule has 122 valence electrons. The van der Waals surface area contributed by atoms with Crippen LogP contribution in [0.1, 0.15) is 11.1 Å². The monoisotopic (exact) mass is 306 g/mol. The third kappa shape index (κ3) is 4.20. The Morgan fingerprint density at radius 1 is 1.27 bits per heavy atom. The van der Waals surface area contributed by atoms with Gasteiger partial charge in [-0.25, -0.2) is 0 Å². The summed E-state index contributed by atoms with van der Waals surface area (Å²) in [5.41, 5.74) is 2.59. The number of hydrogen-bond acceptors (Lipinski definition) is 5. The number of rotatable bonds is 6. The van der Waals surface area contributed by atoms with E-state index in [9.17, 15) is 5.11 Å². The number of β-amino-alcohol motifs (C(OH)–C–C–N with tert-alkyl or cyclic N) is 1. The van der Waals surface area contributed by atoms with E-state index in [1.807, 2.05) is 0 Å². The highest BCUT2D eigenvalue weighted by Gasteiger charge is 2.17. The normalized spacial score (nSPS) is 20.0. The summed E-state index contributed by atoms with van der Waals surface area (Å²) in [6.07, 6.45) is 0.688. The van der Waals surface area contributed by atoms with Crippen LogP contribution in [0.15, 0.2) is 18.2 Å². The van der Waals surface area contributed by atoms with Crippen molar-refractivity contribution in [3.63, 3.8) is 0 Å². The molecule has 1 atom stereocenters. The molecule has 1 fully saturated rings. The SMILES string of the molecule is CN(Cc1ccc2c(c1)CCO2)CC(O)CN1CCOCC1. The number of morpholine rings is 1. The van der Waals surface area contributed by atoms with Gasteiger partial charge in [0, 0.05) is 39.1 Å². The first kappa shape index (κ1) is 15.7. The van der Waals surface area contributed by atoms with Gasteiger partial charge in [-0.1, -0.05) is 12.1 Å². The molecule has 2 heterocycles. The lowest BCUT2D eigenvalue weighted by Gasteiger charge is -2.30. The third-order valence-corrected chi connectivity index (χ3v) is 4.30. The molecule has 0 amide bonds. The van der Waals surface area contributed by atoms with E-state index >= 15 is 0 Å². The van der Waals surface area contributed by atoms with Gasteiger partial charge in [-0.3, -0.25) is 9.80 Å². The lowest BCUT2D eigenvalue weighted by atomic mass is 10.1. The molecule has 2 aliphatic heterocycles. The molecule has 0 radical (unpaired) electrons. The predicted molar refractivity (Wildman–Crippen MR) is 85.2 cm³/mol. The van der Waals surface area contributed by atoms with Crippen molar-refractivity contribution in [1.82, 2.24) is 9.80 Å². The summed E-state index contributed by atoms with van der Waals surface area (Å²) < 4.78 is 10.9. The smallest absolute Gasteiger partial charge is 0.122 e. The molecule has 0 saturated carbocycles. The summed E-state index contributed by atoms with van der Waals surface area (Å²) in [5, 5.41) is 10.3. The molecule has 1 N–H and O–H groups in total. The van der Waals surface area contributed by atoms with Gasteiger partial charge in [0.25, 0.3) is 0 Å². The quantitative estimate of drug-likeness (QED) is 0.840. The number of fused-ring (bicyclic) bond motifs is 1. The summed E-state index contributed by atoms with van der Waals surface area (Å²) in [5.74, 6) is 1.03. The fraction of sp³-hybridized carbons (Fsp3) is 0.647. The van der Waals surface area contributed by atoms with E-state index in [0.29, 0.717) is 6.54 Å². The van der Waals surface area contributed by atoms with Crippen LogP contribution in [0.4, 0.5) is 0 Å². The van der Waals surface area contributed by atoms with E-state index in [1.54, 1.807) is 0 Å². The van der Waals surface area contributed by atoms with Crippen molar-refractivity contribution in [3.8, 4) is 5.75 Å². The Kier molecular flexibility index (Phi) is 5.31. The van der Waals surface area contributed by atoms with Crippen molar-refractivity contribution in [2.45, 2.75) is 19.1 Å². The van der Waals surface area contributed by atoms with Crippen molar-refractivity contribution in [2.75, 3.05) is 53.0 Å². The van der Waals surface area contributed by atoms with E-state index in [2.05, 4.69) is 35.0 Å². The van der Waals surface area contributed by atoms with Gasteiger partial charge in [-0.2, -0.15) is 0 Å². The fourth-order valence-corrected chi connectivity index (χ4v) is 3.21. The van der Waals surface area contributed by atoms with Crippen molar-refractivity contribution < 1.29 is 14.6 Å². The zero-order valence-electron chi connectivity index (χ0n) is 13.3. The Morgan fingerprint density at radius 2 is 2.09 bits per heavy atom. The second kappa shape index (κ2) is 7.42. The maximum absolute atomic E-state index is 10.3. The zero-order valence-corrected chi connectivity index (χ0v) is 13.3. The minimum absolute atomic E-state index is 0.319. The highest BCUT2D eigenvalue weighted by atomic mass is 16.5. The molecule has 3 rings (SSSR count). The first-order valence-corrected chi connectivity index (χ1v) is 8.12. The van der Waals surface area contributed by atoms with Gasteiger partial charge in [0.05, 0.1) is 25.9 Å². The Bertz CT molecular complexity index is 489. The molecule has 5 heteroatoms. The minimum atomic E-state index is -0.319. The number of hydrogen-bond donors (Lipinski definition) is 1.